The quantitative estimate of drug-likeness (QED) is 0.606. The smallest absolute Gasteiger partial charge is 0.243 e. The summed E-state index contributed by atoms with van der Waals surface area (Å²) in [5.41, 5.74) is 0.467. The number of anilines is 2. The Labute approximate surface area is 152 Å². The summed E-state index contributed by atoms with van der Waals surface area (Å²) in [6, 6.07) is 5.64. The van der Waals surface area contributed by atoms with Crippen LogP contribution in [-0.2, 0) is 9.59 Å². The highest BCUT2D eigenvalue weighted by Crippen LogP contribution is 2.25. The minimum atomic E-state index is -0.385. The van der Waals surface area contributed by atoms with Gasteiger partial charge in [0.05, 0.1) is 12.3 Å². The minimum Gasteiger partial charge on any atom is -0.358 e. The van der Waals surface area contributed by atoms with Crippen molar-refractivity contribution < 1.29 is 14.0 Å². The lowest BCUT2D eigenvalue weighted by Crippen LogP contribution is -2.33. The van der Waals surface area contributed by atoms with Crippen LogP contribution in [0, 0.1) is 5.82 Å². The first-order valence-electron chi connectivity index (χ1n) is 7.47. The second kappa shape index (κ2) is 9.33. The van der Waals surface area contributed by atoms with E-state index in [-0.39, 0.29) is 36.0 Å². The van der Waals surface area contributed by atoms with E-state index in [4.69, 9.17) is 0 Å². The number of carbonyl (C=O) groups excluding carboxylic acids is 2. The van der Waals surface area contributed by atoms with Crippen LogP contribution in [0.25, 0.3) is 0 Å². The molecule has 25 heavy (non-hydrogen) atoms. The topological polar surface area (TPSA) is 96.0 Å². The van der Waals surface area contributed by atoms with Crippen molar-refractivity contribution >= 4 is 45.7 Å². The van der Waals surface area contributed by atoms with E-state index in [0.29, 0.717) is 15.2 Å². The predicted molar refractivity (Wildman–Crippen MR) is 97.4 cm³/mol. The molecule has 1 aromatic carbocycles. The summed E-state index contributed by atoms with van der Waals surface area (Å²) < 4.78 is 13.5. The van der Waals surface area contributed by atoms with E-state index in [0.717, 1.165) is 0 Å². The normalized spacial score (nSPS) is 10.6. The molecule has 0 spiro atoms. The molecule has 10 heteroatoms. The van der Waals surface area contributed by atoms with Crippen LogP contribution in [0.4, 0.5) is 15.2 Å². The highest BCUT2D eigenvalue weighted by molar-refractivity contribution is 8.01. The Morgan fingerprint density at radius 2 is 1.92 bits per heavy atom. The van der Waals surface area contributed by atoms with Gasteiger partial charge in [-0.2, -0.15) is 0 Å². The first-order chi connectivity index (χ1) is 11.9. The van der Waals surface area contributed by atoms with Crippen LogP contribution in [0.15, 0.2) is 28.6 Å². The molecule has 134 valence electrons. The molecule has 0 saturated carbocycles. The molecule has 0 aliphatic rings. The SMILES string of the molecule is CC(C)Nc1nnc(SCC(=O)NCC(=O)Nc2ccc(F)cc2)s1. The van der Waals surface area contributed by atoms with Gasteiger partial charge < -0.3 is 16.0 Å². The Kier molecular flexibility index (Phi) is 7.14. The number of benzene rings is 1. The number of rotatable bonds is 8. The van der Waals surface area contributed by atoms with Crippen LogP contribution in [-0.4, -0.2) is 40.4 Å². The first kappa shape index (κ1) is 19.1. The number of hydrogen-bond donors (Lipinski definition) is 3. The van der Waals surface area contributed by atoms with Gasteiger partial charge in [0.2, 0.25) is 16.9 Å². The fourth-order valence-corrected chi connectivity index (χ4v) is 3.40. The minimum absolute atomic E-state index is 0.139. The van der Waals surface area contributed by atoms with E-state index < -0.39 is 0 Å². The van der Waals surface area contributed by atoms with Gasteiger partial charge in [-0.25, -0.2) is 4.39 Å². The van der Waals surface area contributed by atoms with Gasteiger partial charge >= 0.3 is 0 Å². The fourth-order valence-electron chi connectivity index (χ4n) is 1.67. The summed E-state index contributed by atoms with van der Waals surface area (Å²) in [4.78, 5) is 23.5. The summed E-state index contributed by atoms with van der Waals surface area (Å²) in [6.07, 6.45) is 0. The van der Waals surface area contributed by atoms with Crippen molar-refractivity contribution in [2.24, 2.45) is 0 Å². The summed E-state index contributed by atoms with van der Waals surface area (Å²) in [5, 5.41) is 16.9. The van der Waals surface area contributed by atoms with Crippen molar-refractivity contribution in [2.75, 3.05) is 22.9 Å². The van der Waals surface area contributed by atoms with Crippen molar-refractivity contribution in [2.45, 2.75) is 24.2 Å². The van der Waals surface area contributed by atoms with Crippen molar-refractivity contribution in [1.29, 1.82) is 0 Å². The second-order valence-corrected chi connectivity index (χ2v) is 7.49. The average molecular weight is 383 g/mol. The third-order valence-electron chi connectivity index (χ3n) is 2.72. The molecule has 0 radical (unpaired) electrons. The maximum absolute atomic E-state index is 12.8. The summed E-state index contributed by atoms with van der Waals surface area (Å²) in [6.45, 7) is 3.84. The average Bonchev–Trinajstić information content (AvgIpc) is 3.00. The highest BCUT2D eigenvalue weighted by atomic mass is 32.2. The molecule has 2 aromatic rings. The molecule has 0 bridgehead atoms. The summed E-state index contributed by atoms with van der Waals surface area (Å²) in [7, 11) is 0. The third kappa shape index (κ3) is 7.06. The number of nitrogens with one attached hydrogen (secondary N) is 3. The van der Waals surface area contributed by atoms with Gasteiger partial charge in [0.1, 0.15) is 5.82 Å². The molecule has 0 fully saturated rings. The van der Waals surface area contributed by atoms with Crippen LogP contribution in [0.3, 0.4) is 0 Å². The number of thioether (sulfide) groups is 1. The van der Waals surface area contributed by atoms with Crippen LogP contribution < -0.4 is 16.0 Å². The number of carbonyl (C=O) groups is 2. The van der Waals surface area contributed by atoms with E-state index in [1.165, 1.54) is 47.4 Å². The standard InChI is InChI=1S/C15H18FN5O2S2/c1-9(2)18-14-20-21-15(25-14)24-8-13(23)17-7-12(22)19-11-5-3-10(16)4-6-11/h3-6,9H,7-8H2,1-2H3,(H,17,23)(H,18,20)(H,19,22). The molecule has 2 rings (SSSR count). The zero-order valence-corrected chi connectivity index (χ0v) is 15.3. The zero-order chi connectivity index (χ0) is 18.2. The van der Waals surface area contributed by atoms with Gasteiger partial charge in [-0.15, -0.1) is 10.2 Å². The van der Waals surface area contributed by atoms with Crippen LogP contribution in [0.5, 0.6) is 0 Å². The molecule has 0 unspecified atom stereocenters. The van der Waals surface area contributed by atoms with Crippen LogP contribution in [0.1, 0.15) is 13.8 Å². The Morgan fingerprint density at radius 1 is 1.20 bits per heavy atom. The molecule has 2 amide bonds. The van der Waals surface area contributed by atoms with E-state index in [9.17, 15) is 14.0 Å². The van der Waals surface area contributed by atoms with Gasteiger partial charge in [0.25, 0.3) is 0 Å². The maximum Gasteiger partial charge on any atom is 0.243 e. The van der Waals surface area contributed by atoms with Gasteiger partial charge in [-0.1, -0.05) is 23.1 Å². The summed E-state index contributed by atoms with van der Waals surface area (Å²) >= 11 is 2.62. The van der Waals surface area contributed by atoms with E-state index >= 15 is 0 Å². The van der Waals surface area contributed by atoms with Crippen molar-refractivity contribution in [3.63, 3.8) is 0 Å². The predicted octanol–water partition coefficient (Wildman–Crippen LogP) is 2.34. The monoisotopic (exact) mass is 383 g/mol. The first-order valence-corrected chi connectivity index (χ1v) is 9.27. The number of hydrogen-bond acceptors (Lipinski definition) is 7. The highest BCUT2D eigenvalue weighted by Gasteiger charge is 2.10. The molecule has 1 heterocycles. The Hall–Kier alpha value is -2.20. The van der Waals surface area contributed by atoms with Crippen molar-refractivity contribution in [3.8, 4) is 0 Å². The van der Waals surface area contributed by atoms with Gasteiger partial charge in [0.15, 0.2) is 4.34 Å². The van der Waals surface area contributed by atoms with Crippen LogP contribution in [0.2, 0.25) is 0 Å². The van der Waals surface area contributed by atoms with Crippen LogP contribution >= 0.6 is 23.1 Å². The lowest BCUT2D eigenvalue weighted by molar-refractivity contribution is -0.122. The molecule has 0 saturated heterocycles. The number of amides is 2. The molecular formula is C15H18FN5O2S2. The summed E-state index contributed by atoms with van der Waals surface area (Å²) in [5.74, 6) is -0.913. The molecule has 3 N–H and O–H groups in total. The molecule has 7 nitrogen and oxygen atoms in total. The Bertz CT molecular complexity index is 721. The zero-order valence-electron chi connectivity index (χ0n) is 13.7. The van der Waals surface area contributed by atoms with Gasteiger partial charge in [-0.3, -0.25) is 9.59 Å². The fraction of sp³-hybridized carbons (Fsp3) is 0.333. The lowest BCUT2D eigenvalue weighted by atomic mass is 10.3. The van der Waals surface area contributed by atoms with Crippen molar-refractivity contribution in [3.05, 3.63) is 30.1 Å². The Balaban J connectivity index is 1.68. The maximum atomic E-state index is 12.8. The number of nitrogens with zero attached hydrogens (tertiary/aromatic N) is 2. The molecule has 0 aliphatic carbocycles. The largest absolute Gasteiger partial charge is 0.358 e. The second-order valence-electron chi connectivity index (χ2n) is 5.29. The molecule has 0 atom stereocenters. The Morgan fingerprint density at radius 3 is 2.60 bits per heavy atom. The number of aromatic nitrogens is 2. The van der Waals surface area contributed by atoms with Crippen molar-refractivity contribution in [1.82, 2.24) is 15.5 Å². The van der Waals surface area contributed by atoms with Gasteiger partial charge in [0, 0.05) is 11.7 Å². The third-order valence-corrected chi connectivity index (χ3v) is 4.71. The molecule has 1 aromatic heterocycles. The molecular weight excluding hydrogens is 365 g/mol. The number of halogens is 1. The molecule has 0 aliphatic heterocycles. The van der Waals surface area contributed by atoms with E-state index in [2.05, 4.69) is 26.1 Å². The van der Waals surface area contributed by atoms with E-state index in [1.807, 2.05) is 13.8 Å². The van der Waals surface area contributed by atoms with E-state index in [1.54, 1.807) is 0 Å². The van der Waals surface area contributed by atoms with Gasteiger partial charge in [-0.05, 0) is 38.1 Å². The lowest BCUT2D eigenvalue weighted by Gasteiger charge is -2.06.